The van der Waals surface area contributed by atoms with Crippen molar-refractivity contribution in [2.24, 2.45) is 5.92 Å². The van der Waals surface area contributed by atoms with Crippen molar-refractivity contribution in [3.63, 3.8) is 0 Å². The Kier molecular flexibility index (Phi) is 9.60. The molecule has 1 aliphatic heterocycles. The van der Waals surface area contributed by atoms with Crippen LogP contribution in [-0.4, -0.2) is 44.1 Å². The van der Waals surface area contributed by atoms with Gasteiger partial charge in [0.2, 0.25) is 5.91 Å². The predicted molar refractivity (Wildman–Crippen MR) is 99.3 cm³/mol. The summed E-state index contributed by atoms with van der Waals surface area (Å²) in [5.41, 5.74) is 0. The molecular formula is C17H26BrClN2O2. The van der Waals surface area contributed by atoms with E-state index in [2.05, 4.69) is 21.2 Å². The largest absolute Gasteiger partial charge is 0.494 e. The fourth-order valence-electron chi connectivity index (χ4n) is 2.77. The van der Waals surface area contributed by atoms with E-state index < -0.39 is 0 Å². The van der Waals surface area contributed by atoms with Crippen LogP contribution >= 0.6 is 28.3 Å². The minimum absolute atomic E-state index is 0. The number of nitrogens with zero attached hydrogens (tertiary/aromatic N) is 1. The highest BCUT2D eigenvalue weighted by Crippen LogP contribution is 2.18. The lowest BCUT2D eigenvalue weighted by atomic mass is 10.1. The second-order valence-electron chi connectivity index (χ2n) is 5.81. The Bertz CT molecular complexity index is 470. The zero-order valence-corrected chi connectivity index (χ0v) is 16.0. The Balaban J connectivity index is 0.00000264. The number of halogens is 2. The molecule has 0 saturated carbocycles. The van der Waals surface area contributed by atoms with Gasteiger partial charge in [-0.15, -0.1) is 12.4 Å². The predicted octanol–water partition coefficient (Wildman–Crippen LogP) is 3.49. The summed E-state index contributed by atoms with van der Waals surface area (Å²) in [5.74, 6) is 1.79. The maximum atomic E-state index is 12.1. The molecule has 1 heterocycles. The van der Waals surface area contributed by atoms with Gasteiger partial charge in [0.1, 0.15) is 5.75 Å². The molecule has 1 aliphatic rings. The van der Waals surface area contributed by atoms with Crippen LogP contribution in [0.4, 0.5) is 0 Å². The topological polar surface area (TPSA) is 41.6 Å². The maximum Gasteiger partial charge on any atom is 0.222 e. The molecule has 0 bridgehead atoms. The van der Waals surface area contributed by atoms with Crippen molar-refractivity contribution in [1.82, 2.24) is 10.2 Å². The van der Waals surface area contributed by atoms with Gasteiger partial charge in [-0.1, -0.05) is 15.9 Å². The molecule has 0 aliphatic carbocycles. The van der Waals surface area contributed by atoms with Crippen molar-refractivity contribution in [3.8, 4) is 5.75 Å². The fourth-order valence-corrected chi connectivity index (χ4v) is 3.04. The lowest BCUT2D eigenvalue weighted by Gasteiger charge is -2.16. The van der Waals surface area contributed by atoms with Gasteiger partial charge in [0.15, 0.2) is 0 Å². The molecule has 1 aromatic carbocycles. The highest BCUT2D eigenvalue weighted by Gasteiger charge is 2.24. The molecule has 0 spiro atoms. The molecule has 1 aromatic rings. The molecule has 1 atom stereocenters. The van der Waals surface area contributed by atoms with Gasteiger partial charge < -0.3 is 15.0 Å². The standard InChI is InChI=1S/C17H25BrN2O2.ClH/c1-19-12-14-9-10-20(13-14)17(21)4-2-3-11-22-16-7-5-15(18)6-8-16;/h5-8,14,19H,2-4,9-13H2,1H3;1H. The third-order valence-electron chi connectivity index (χ3n) is 4.00. The van der Waals surface area contributed by atoms with Crippen LogP contribution in [0.25, 0.3) is 0 Å². The number of amides is 1. The van der Waals surface area contributed by atoms with Crippen molar-refractivity contribution in [1.29, 1.82) is 0 Å². The summed E-state index contributed by atoms with van der Waals surface area (Å²) in [6, 6.07) is 7.82. The number of ether oxygens (including phenoxy) is 1. The van der Waals surface area contributed by atoms with Gasteiger partial charge in [0, 0.05) is 24.0 Å². The molecule has 2 rings (SSSR count). The number of hydrogen-bond donors (Lipinski definition) is 1. The Labute approximate surface area is 153 Å². The monoisotopic (exact) mass is 404 g/mol. The summed E-state index contributed by atoms with van der Waals surface area (Å²) in [4.78, 5) is 14.1. The molecular weight excluding hydrogens is 380 g/mol. The number of carbonyl (C=O) groups is 1. The van der Waals surface area contributed by atoms with Crippen LogP contribution in [-0.2, 0) is 4.79 Å². The molecule has 6 heteroatoms. The van der Waals surface area contributed by atoms with E-state index in [4.69, 9.17) is 4.74 Å². The summed E-state index contributed by atoms with van der Waals surface area (Å²) in [7, 11) is 1.97. The number of unbranched alkanes of at least 4 members (excludes halogenated alkanes) is 1. The Morgan fingerprint density at radius 3 is 2.78 bits per heavy atom. The normalized spacial score (nSPS) is 17.0. The van der Waals surface area contributed by atoms with Crippen LogP contribution in [0, 0.1) is 5.92 Å². The molecule has 1 saturated heterocycles. The number of likely N-dealkylation sites (tertiary alicyclic amines) is 1. The lowest BCUT2D eigenvalue weighted by molar-refractivity contribution is -0.130. The number of rotatable bonds is 8. The first kappa shape index (κ1) is 20.3. The Hall–Kier alpha value is -0.780. The van der Waals surface area contributed by atoms with E-state index in [1.807, 2.05) is 36.2 Å². The van der Waals surface area contributed by atoms with E-state index in [0.29, 0.717) is 24.9 Å². The number of benzene rings is 1. The number of carbonyl (C=O) groups excluding carboxylic acids is 1. The first-order chi connectivity index (χ1) is 10.7. The van der Waals surface area contributed by atoms with E-state index in [1.54, 1.807) is 0 Å². The highest BCUT2D eigenvalue weighted by atomic mass is 79.9. The average molecular weight is 406 g/mol. The second-order valence-corrected chi connectivity index (χ2v) is 6.73. The third kappa shape index (κ3) is 7.10. The van der Waals surface area contributed by atoms with Crippen molar-refractivity contribution in [2.75, 3.05) is 33.3 Å². The van der Waals surface area contributed by atoms with Crippen LogP contribution in [0.2, 0.25) is 0 Å². The van der Waals surface area contributed by atoms with Gasteiger partial charge in [-0.05, 0) is 63.0 Å². The van der Waals surface area contributed by atoms with E-state index in [-0.39, 0.29) is 12.4 Å². The van der Waals surface area contributed by atoms with Gasteiger partial charge in [-0.2, -0.15) is 0 Å². The molecule has 23 heavy (non-hydrogen) atoms. The summed E-state index contributed by atoms with van der Waals surface area (Å²) in [5, 5.41) is 3.19. The molecule has 1 N–H and O–H groups in total. The number of hydrogen-bond acceptors (Lipinski definition) is 3. The smallest absolute Gasteiger partial charge is 0.222 e. The molecule has 0 aromatic heterocycles. The summed E-state index contributed by atoms with van der Waals surface area (Å²) >= 11 is 3.40. The summed E-state index contributed by atoms with van der Waals surface area (Å²) in [6.45, 7) is 3.50. The van der Waals surface area contributed by atoms with Crippen LogP contribution < -0.4 is 10.1 Å². The van der Waals surface area contributed by atoms with Crippen molar-refractivity contribution < 1.29 is 9.53 Å². The van der Waals surface area contributed by atoms with Crippen molar-refractivity contribution >= 4 is 34.2 Å². The third-order valence-corrected chi connectivity index (χ3v) is 4.53. The van der Waals surface area contributed by atoms with E-state index in [1.165, 1.54) is 0 Å². The zero-order valence-electron chi connectivity index (χ0n) is 13.6. The molecule has 1 amide bonds. The van der Waals surface area contributed by atoms with Gasteiger partial charge in [-0.25, -0.2) is 0 Å². The quantitative estimate of drug-likeness (QED) is 0.673. The molecule has 130 valence electrons. The van der Waals surface area contributed by atoms with Crippen molar-refractivity contribution in [3.05, 3.63) is 28.7 Å². The summed E-state index contributed by atoms with van der Waals surface area (Å²) in [6.07, 6.45) is 3.56. The number of nitrogens with one attached hydrogen (secondary N) is 1. The molecule has 1 unspecified atom stereocenters. The van der Waals surface area contributed by atoms with Gasteiger partial charge in [0.05, 0.1) is 6.61 Å². The highest BCUT2D eigenvalue weighted by molar-refractivity contribution is 9.10. The minimum atomic E-state index is 0. The molecule has 0 radical (unpaired) electrons. The minimum Gasteiger partial charge on any atom is -0.494 e. The first-order valence-corrected chi connectivity index (χ1v) is 8.79. The fraction of sp³-hybridized carbons (Fsp3) is 0.588. The van der Waals surface area contributed by atoms with Crippen LogP contribution in [0.3, 0.4) is 0 Å². The van der Waals surface area contributed by atoms with Gasteiger partial charge >= 0.3 is 0 Å². The van der Waals surface area contributed by atoms with Crippen LogP contribution in [0.5, 0.6) is 5.75 Å². The van der Waals surface area contributed by atoms with Gasteiger partial charge in [0.25, 0.3) is 0 Å². The van der Waals surface area contributed by atoms with E-state index in [0.717, 1.165) is 49.1 Å². The van der Waals surface area contributed by atoms with Crippen LogP contribution in [0.1, 0.15) is 25.7 Å². The van der Waals surface area contributed by atoms with Gasteiger partial charge in [-0.3, -0.25) is 4.79 Å². The average Bonchev–Trinajstić information content (AvgIpc) is 2.98. The SMILES string of the molecule is CNCC1CCN(C(=O)CCCCOc2ccc(Br)cc2)C1.Cl. The van der Waals surface area contributed by atoms with E-state index in [9.17, 15) is 4.79 Å². The molecule has 4 nitrogen and oxygen atoms in total. The van der Waals surface area contributed by atoms with Crippen molar-refractivity contribution in [2.45, 2.75) is 25.7 Å². The molecule has 1 fully saturated rings. The van der Waals surface area contributed by atoms with Crippen LogP contribution in [0.15, 0.2) is 28.7 Å². The Morgan fingerprint density at radius 1 is 1.35 bits per heavy atom. The van der Waals surface area contributed by atoms with E-state index >= 15 is 0 Å². The maximum absolute atomic E-state index is 12.1. The lowest BCUT2D eigenvalue weighted by Crippen LogP contribution is -2.30. The zero-order chi connectivity index (χ0) is 15.8. The Morgan fingerprint density at radius 2 is 2.09 bits per heavy atom. The summed E-state index contributed by atoms with van der Waals surface area (Å²) < 4.78 is 6.71. The second kappa shape index (κ2) is 10.9. The first-order valence-electron chi connectivity index (χ1n) is 8.00.